The summed E-state index contributed by atoms with van der Waals surface area (Å²) in [7, 11) is 0. The number of hydrogen-bond donors (Lipinski definition) is 0. The van der Waals surface area contributed by atoms with Crippen molar-refractivity contribution in [1.82, 2.24) is 0 Å². The Morgan fingerprint density at radius 1 is 0.696 bits per heavy atom. The SMILES string of the molecule is CC(C)[C@H](C)OC1CCC(CC(C)[C@H](C)OC2CCCC2)CC1. The van der Waals surface area contributed by atoms with E-state index in [4.69, 9.17) is 9.47 Å². The molecule has 136 valence electrons. The molecule has 2 saturated carbocycles. The molecule has 0 N–H and O–H groups in total. The second kappa shape index (κ2) is 9.42. The molecule has 2 nitrogen and oxygen atoms in total. The number of hydrogen-bond acceptors (Lipinski definition) is 2. The van der Waals surface area contributed by atoms with Crippen LogP contribution in [0, 0.1) is 17.8 Å². The van der Waals surface area contributed by atoms with Crippen LogP contribution < -0.4 is 0 Å². The molecule has 0 saturated heterocycles. The third-order valence-corrected chi connectivity index (χ3v) is 6.36. The van der Waals surface area contributed by atoms with Crippen LogP contribution in [0.1, 0.15) is 92.4 Å². The van der Waals surface area contributed by atoms with Crippen molar-refractivity contribution in [3.05, 3.63) is 0 Å². The van der Waals surface area contributed by atoms with Gasteiger partial charge < -0.3 is 9.47 Å². The molecule has 0 spiro atoms. The summed E-state index contributed by atoms with van der Waals surface area (Å²) in [5.74, 6) is 2.20. The lowest BCUT2D eigenvalue weighted by atomic mass is 9.80. The summed E-state index contributed by atoms with van der Waals surface area (Å²) in [5.41, 5.74) is 0. The largest absolute Gasteiger partial charge is 0.375 e. The second-order valence-corrected chi connectivity index (χ2v) is 8.69. The molecular formula is C21H40O2. The molecule has 23 heavy (non-hydrogen) atoms. The highest BCUT2D eigenvalue weighted by molar-refractivity contribution is 4.78. The van der Waals surface area contributed by atoms with Gasteiger partial charge in [-0.15, -0.1) is 0 Å². The Morgan fingerprint density at radius 3 is 1.78 bits per heavy atom. The molecule has 3 atom stereocenters. The highest BCUT2D eigenvalue weighted by atomic mass is 16.5. The Bertz CT molecular complexity index is 314. The normalized spacial score (nSPS) is 30.5. The molecule has 0 aliphatic heterocycles. The summed E-state index contributed by atoms with van der Waals surface area (Å²) in [5, 5.41) is 0. The summed E-state index contributed by atoms with van der Waals surface area (Å²) in [6.45, 7) is 11.4. The van der Waals surface area contributed by atoms with Gasteiger partial charge in [0, 0.05) is 0 Å². The first-order valence-corrected chi connectivity index (χ1v) is 10.3. The van der Waals surface area contributed by atoms with Gasteiger partial charge >= 0.3 is 0 Å². The van der Waals surface area contributed by atoms with E-state index in [-0.39, 0.29) is 0 Å². The van der Waals surface area contributed by atoms with E-state index in [1.54, 1.807) is 0 Å². The van der Waals surface area contributed by atoms with Crippen LogP contribution in [0.25, 0.3) is 0 Å². The van der Waals surface area contributed by atoms with Crippen molar-refractivity contribution in [2.75, 3.05) is 0 Å². The van der Waals surface area contributed by atoms with Gasteiger partial charge in [0.2, 0.25) is 0 Å². The van der Waals surface area contributed by atoms with Gasteiger partial charge in [-0.3, -0.25) is 0 Å². The Morgan fingerprint density at radius 2 is 1.22 bits per heavy atom. The average Bonchev–Trinajstić information content (AvgIpc) is 3.02. The molecule has 0 heterocycles. The van der Waals surface area contributed by atoms with Crippen LogP contribution in [0.15, 0.2) is 0 Å². The predicted molar refractivity (Wildman–Crippen MR) is 97.7 cm³/mol. The lowest BCUT2D eigenvalue weighted by molar-refractivity contribution is -0.0541. The topological polar surface area (TPSA) is 18.5 Å². The second-order valence-electron chi connectivity index (χ2n) is 8.69. The molecule has 2 aliphatic carbocycles. The van der Waals surface area contributed by atoms with E-state index in [1.807, 2.05) is 0 Å². The standard InChI is InChI=1S/C21H40O2/c1-15(2)17(4)22-21-12-10-19(11-13-21)14-16(3)18(5)23-20-8-6-7-9-20/h15-21H,6-14H2,1-5H3/t16?,17-,18-,19?,21?/m0/s1. The van der Waals surface area contributed by atoms with Crippen molar-refractivity contribution >= 4 is 0 Å². The molecule has 1 unspecified atom stereocenters. The van der Waals surface area contributed by atoms with Crippen LogP contribution in [0.2, 0.25) is 0 Å². The highest BCUT2D eigenvalue weighted by Crippen LogP contribution is 2.34. The van der Waals surface area contributed by atoms with E-state index in [1.165, 1.54) is 57.8 Å². The molecule has 0 radical (unpaired) electrons. The highest BCUT2D eigenvalue weighted by Gasteiger charge is 2.27. The lowest BCUT2D eigenvalue weighted by Crippen LogP contribution is -2.30. The molecule has 2 aliphatic rings. The maximum atomic E-state index is 6.29. The first kappa shape index (κ1) is 19.2. The van der Waals surface area contributed by atoms with Gasteiger partial charge in [0.25, 0.3) is 0 Å². The van der Waals surface area contributed by atoms with Crippen molar-refractivity contribution < 1.29 is 9.47 Å². The third kappa shape index (κ3) is 6.38. The van der Waals surface area contributed by atoms with Gasteiger partial charge in [-0.1, -0.05) is 33.6 Å². The molecular weight excluding hydrogens is 284 g/mol. The van der Waals surface area contributed by atoms with E-state index in [9.17, 15) is 0 Å². The van der Waals surface area contributed by atoms with Crippen LogP contribution in [-0.2, 0) is 9.47 Å². The van der Waals surface area contributed by atoms with Gasteiger partial charge in [-0.25, -0.2) is 0 Å². The third-order valence-electron chi connectivity index (χ3n) is 6.36. The van der Waals surface area contributed by atoms with E-state index in [2.05, 4.69) is 34.6 Å². The first-order chi connectivity index (χ1) is 11.0. The molecule has 2 heteroatoms. The molecule has 0 aromatic rings. The van der Waals surface area contributed by atoms with E-state index < -0.39 is 0 Å². The Kier molecular flexibility index (Phi) is 7.88. The van der Waals surface area contributed by atoms with Crippen molar-refractivity contribution in [3.63, 3.8) is 0 Å². The average molecular weight is 325 g/mol. The maximum absolute atomic E-state index is 6.29. The predicted octanol–water partition coefficient (Wildman–Crippen LogP) is 5.98. The zero-order valence-corrected chi connectivity index (χ0v) is 16.2. The zero-order chi connectivity index (χ0) is 16.8. The molecule has 0 amide bonds. The molecule has 0 aromatic heterocycles. The molecule has 2 fully saturated rings. The van der Waals surface area contributed by atoms with Crippen LogP contribution >= 0.6 is 0 Å². The monoisotopic (exact) mass is 324 g/mol. The van der Waals surface area contributed by atoms with Crippen molar-refractivity contribution in [2.24, 2.45) is 17.8 Å². The van der Waals surface area contributed by atoms with Gasteiger partial charge in [0.1, 0.15) is 0 Å². The van der Waals surface area contributed by atoms with Crippen LogP contribution in [0.5, 0.6) is 0 Å². The summed E-state index contributed by atoms with van der Waals surface area (Å²) in [4.78, 5) is 0. The first-order valence-electron chi connectivity index (χ1n) is 10.3. The minimum absolute atomic E-state index is 0.398. The molecule has 0 aromatic carbocycles. The Labute approximate surface area is 144 Å². The lowest BCUT2D eigenvalue weighted by Gasteiger charge is -2.34. The summed E-state index contributed by atoms with van der Waals surface area (Å²) >= 11 is 0. The van der Waals surface area contributed by atoms with Crippen LogP contribution in [-0.4, -0.2) is 24.4 Å². The summed E-state index contributed by atoms with van der Waals surface area (Å²) < 4.78 is 12.5. The van der Waals surface area contributed by atoms with Gasteiger partial charge in [0.15, 0.2) is 0 Å². The number of ether oxygens (including phenoxy) is 2. The minimum atomic E-state index is 0.398. The van der Waals surface area contributed by atoms with Gasteiger partial charge in [0.05, 0.1) is 24.4 Å². The van der Waals surface area contributed by atoms with Crippen molar-refractivity contribution in [2.45, 2.75) is 117 Å². The van der Waals surface area contributed by atoms with Crippen LogP contribution in [0.4, 0.5) is 0 Å². The quantitative estimate of drug-likeness (QED) is 0.547. The van der Waals surface area contributed by atoms with E-state index in [0.717, 1.165) is 5.92 Å². The fourth-order valence-electron chi connectivity index (χ4n) is 4.14. The Balaban J connectivity index is 1.64. The minimum Gasteiger partial charge on any atom is -0.375 e. The van der Waals surface area contributed by atoms with Gasteiger partial charge in [-0.05, 0) is 76.5 Å². The smallest absolute Gasteiger partial charge is 0.0579 e. The van der Waals surface area contributed by atoms with E-state index >= 15 is 0 Å². The van der Waals surface area contributed by atoms with Crippen molar-refractivity contribution in [3.8, 4) is 0 Å². The van der Waals surface area contributed by atoms with Crippen LogP contribution in [0.3, 0.4) is 0 Å². The Hall–Kier alpha value is -0.0800. The maximum Gasteiger partial charge on any atom is 0.0579 e. The summed E-state index contributed by atoms with van der Waals surface area (Å²) in [6.07, 6.45) is 13.7. The molecule has 0 bridgehead atoms. The van der Waals surface area contributed by atoms with E-state index in [0.29, 0.717) is 36.3 Å². The fourth-order valence-corrected chi connectivity index (χ4v) is 4.14. The van der Waals surface area contributed by atoms with Crippen molar-refractivity contribution in [1.29, 1.82) is 0 Å². The number of rotatable bonds is 8. The summed E-state index contributed by atoms with van der Waals surface area (Å²) in [6, 6.07) is 0. The zero-order valence-electron chi connectivity index (χ0n) is 16.2. The van der Waals surface area contributed by atoms with Gasteiger partial charge in [-0.2, -0.15) is 0 Å². The fraction of sp³-hybridized carbons (Fsp3) is 1.00. The molecule has 2 rings (SSSR count).